The van der Waals surface area contributed by atoms with Gasteiger partial charge < -0.3 is 46.0 Å². The van der Waals surface area contributed by atoms with E-state index in [2.05, 4.69) is 0 Å². The molecular weight excluding hydrogens is 368 g/mol. The minimum atomic E-state index is -1.31. The topological polar surface area (TPSA) is 267 Å². The second-order valence-electron chi connectivity index (χ2n) is 3.38. The van der Waals surface area contributed by atoms with Gasteiger partial charge in [0.2, 0.25) is 0 Å². The van der Waals surface area contributed by atoms with Crippen molar-refractivity contribution in [1.82, 2.24) is 0 Å². The van der Waals surface area contributed by atoms with Crippen molar-refractivity contribution in [2.75, 3.05) is 20.3 Å². The van der Waals surface area contributed by atoms with Crippen LogP contribution in [0.5, 0.6) is 0 Å². The van der Waals surface area contributed by atoms with Crippen LogP contribution < -0.4 is 0 Å². The van der Waals surface area contributed by atoms with Gasteiger partial charge in [0.15, 0.2) is 0 Å². The van der Waals surface area contributed by atoms with Crippen LogP contribution in [0, 0.1) is 0 Å². The van der Waals surface area contributed by atoms with Crippen LogP contribution in [0.25, 0.3) is 0 Å². The maximum atomic E-state index is 9.64. The lowest BCUT2D eigenvalue weighted by molar-refractivity contribution is -0.147. The number of rotatable bonds is 7. The molecule has 0 heterocycles. The average molecular weight is 392 g/mol. The second kappa shape index (κ2) is 30.1. The summed E-state index contributed by atoms with van der Waals surface area (Å²) in [6.07, 6.45) is -2.35. The largest absolute Gasteiger partial charge is 0.483 e. The smallest absolute Gasteiger partial charge is 0.314 e. The van der Waals surface area contributed by atoms with E-state index in [0.29, 0.717) is 0 Å². The second-order valence-corrected chi connectivity index (χ2v) is 3.38. The molecule has 0 saturated carbocycles. The van der Waals surface area contributed by atoms with E-state index in [1.54, 1.807) is 0 Å². The van der Waals surface area contributed by atoms with Crippen LogP contribution >= 0.6 is 0 Å². The first-order chi connectivity index (χ1) is 12.0. The molecule has 0 aliphatic rings. The molecule has 0 fully saturated rings. The van der Waals surface area contributed by atoms with Crippen molar-refractivity contribution >= 4 is 30.3 Å². The predicted octanol–water partition coefficient (Wildman–Crippen LogP) is -2.88. The Morgan fingerprint density at radius 3 is 1.04 bits per heavy atom. The number of hydrogen-bond acceptors (Lipinski definition) is 9. The van der Waals surface area contributed by atoms with E-state index < -0.39 is 36.4 Å². The summed E-state index contributed by atoms with van der Waals surface area (Å²) in [6.45, 7) is -0.979. The number of aliphatic hydroxyl groups excluding tert-OH is 4. The Hall–Kier alpha value is -2.81. The van der Waals surface area contributed by atoms with Gasteiger partial charge in [-0.1, -0.05) is 0 Å². The fourth-order valence-electron chi connectivity index (χ4n) is 0.401. The third kappa shape index (κ3) is 83.2. The monoisotopic (exact) mass is 392 g/mol. The summed E-state index contributed by atoms with van der Waals surface area (Å²) in [5, 5.41) is 69.1. The zero-order chi connectivity index (χ0) is 22.1. The molecule has 9 N–H and O–H groups in total. The fraction of sp³-hybridized carbons (Fsp3) is 0.583. The highest BCUT2D eigenvalue weighted by Crippen LogP contribution is 1.86. The Balaban J connectivity index is -0.0000000758. The summed E-state index contributed by atoms with van der Waals surface area (Å²) in [5.74, 6) is -4.78. The Labute approximate surface area is 147 Å². The van der Waals surface area contributed by atoms with Crippen molar-refractivity contribution in [3.05, 3.63) is 0 Å². The number of carbonyl (C=O) groups is 5. The molecule has 14 heteroatoms. The van der Waals surface area contributed by atoms with Crippen LogP contribution in [0.1, 0.15) is 19.3 Å². The molecule has 0 aromatic rings. The molecule has 0 saturated heterocycles. The van der Waals surface area contributed by atoms with Crippen molar-refractivity contribution < 1.29 is 69.9 Å². The van der Waals surface area contributed by atoms with E-state index in [9.17, 15) is 19.2 Å². The standard InChI is InChI=1S/C4H6O4.C3H4O4.C3H8O3.CH2O2.CH4O/c5-3(6)1-2-4(7)8;4-2(5)1-3(6)7;4-1-3(6)2-5;2-1-3;1-2/h1-2H2,(H,5,6)(H,7,8);1H2,(H,4,5)(H,6,7);3-6H,1-2H2;1H,(H,2,3);2H,1H3. The third-order valence-electron chi connectivity index (χ3n) is 1.28. The van der Waals surface area contributed by atoms with E-state index in [1.165, 1.54) is 0 Å². The Morgan fingerprint density at radius 1 is 0.769 bits per heavy atom. The molecule has 156 valence electrons. The van der Waals surface area contributed by atoms with Crippen molar-refractivity contribution in [1.29, 1.82) is 0 Å². The molecule has 0 radical (unpaired) electrons. The molecule has 0 unspecified atom stereocenters. The lowest BCUT2D eigenvalue weighted by Gasteiger charge is -1.96. The van der Waals surface area contributed by atoms with Gasteiger partial charge in [0.05, 0.1) is 26.1 Å². The van der Waals surface area contributed by atoms with E-state index in [0.717, 1.165) is 7.11 Å². The molecule has 0 amide bonds. The van der Waals surface area contributed by atoms with Gasteiger partial charge in [-0.25, -0.2) is 0 Å². The number of carboxylic acids is 4. The van der Waals surface area contributed by atoms with Crippen LogP contribution in [0.4, 0.5) is 0 Å². The van der Waals surface area contributed by atoms with Crippen molar-refractivity contribution in [2.45, 2.75) is 25.4 Å². The van der Waals surface area contributed by atoms with Gasteiger partial charge >= 0.3 is 23.9 Å². The zero-order valence-corrected chi connectivity index (χ0v) is 13.8. The van der Waals surface area contributed by atoms with Crippen molar-refractivity contribution in [3.63, 3.8) is 0 Å². The van der Waals surface area contributed by atoms with Gasteiger partial charge in [-0.3, -0.25) is 24.0 Å². The first-order valence-electron chi connectivity index (χ1n) is 6.27. The van der Waals surface area contributed by atoms with Crippen LogP contribution in [0.2, 0.25) is 0 Å². The summed E-state index contributed by atoms with van der Waals surface area (Å²) >= 11 is 0. The number of carboxylic acid groups (broad SMARTS) is 5. The quantitative estimate of drug-likeness (QED) is 0.156. The maximum Gasteiger partial charge on any atom is 0.314 e. The van der Waals surface area contributed by atoms with Crippen molar-refractivity contribution in [2.24, 2.45) is 0 Å². The molecule has 0 aliphatic heterocycles. The fourth-order valence-corrected chi connectivity index (χ4v) is 0.401. The first-order valence-corrected chi connectivity index (χ1v) is 6.27. The summed E-state index contributed by atoms with van der Waals surface area (Å²) in [6, 6.07) is 0. The summed E-state index contributed by atoms with van der Waals surface area (Å²) in [7, 11) is 1.00. The molecule has 0 rings (SSSR count). The zero-order valence-electron chi connectivity index (χ0n) is 13.8. The molecule has 26 heavy (non-hydrogen) atoms. The van der Waals surface area contributed by atoms with Crippen LogP contribution in [0.15, 0.2) is 0 Å². The highest BCUT2D eigenvalue weighted by atomic mass is 16.4. The van der Waals surface area contributed by atoms with Crippen LogP contribution in [-0.4, -0.2) is 103 Å². The Bertz CT molecular complexity index is 337. The minimum Gasteiger partial charge on any atom is -0.483 e. The Morgan fingerprint density at radius 2 is 1.00 bits per heavy atom. The summed E-state index contributed by atoms with van der Waals surface area (Å²) < 4.78 is 0. The minimum absolute atomic E-state index is 0.250. The third-order valence-corrected chi connectivity index (χ3v) is 1.28. The molecule has 0 atom stereocenters. The molecule has 0 bridgehead atoms. The van der Waals surface area contributed by atoms with E-state index in [4.69, 9.17) is 50.8 Å². The number of aliphatic hydroxyl groups is 4. The highest BCUT2D eigenvalue weighted by molar-refractivity contribution is 5.88. The normalized spacial score (nSPS) is 7.77. The lowest BCUT2D eigenvalue weighted by Crippen LogP contribution is -2.15. The van der Waals surface area contributed by atoms with E-state index >= 15 is 0 Å². The van der Waals surface area contributed by atoms with Gasteiger partial charge in [-0.2, -0.15) is 0 Å². The SMILES string of the molecule is CO.O=C(O)CC(=O)O.O=C(O)CCC(=O)O.O=CO.OCC(O)CO. The van der Waals surface area contributed by atoms with Crippen molar-refractivity contribution in [3.8, 4) is 0 Å². The molecule has 0 aromatic carbocycles. The highest BCUT2D eigenvalue weighted by Gasteiger charge is 2.01. The number of hydrogen-bond donors (Lipinski definition) is 9. The first kappa shape index (κ1) is 34.5. The van der Waals surface area contributed by atoms with Crippen LogP contribution in [-0.2, 0) is 24.0 Å². The molecule has 0 aromatic heterocycles. The Kier molecular flexibility index (Phi) is 40.0. The van der Waals surface area contributed by atoms with Crippen LogP contribution in [0.3, 0.4) is 0 Å². The number of aliphatic carboxylic acids is 4. The van der Waals surface area contributed by atoms with Gasteiger partial charge in [0.25, 0.3) is 6.47 Å². The van der Waals surface area contributed by atoms with E-state index in [1.807, 2.05) is 0 Å². The van der Waals surface area contributed by atoms with E-state index in [-0.39, 0.29) is 32.5 Å². The summed E-state index contributed by atoms with van der Waals surface area (Å²) in [4.78, 5) is 46.5. The molecule has 14 nitrogen and oxygen atoms in total. The molecule has 0 spiro atoms. The maximum absolute atomic E-state index is 9.64. The van der Waals surface area contributed by atoms with Gasteiger partial charge in [0, 0.05) is 7.11 Å². The average Bonchev–Trinajstić information content (AvgIpc) is 2.54. The van der Waals surface area contributed by atoms with Gasteiger partial charge in [0.1, 0.15) is 12.5 Å². The van der Waals surface area contributed by atoms with Gasteiger partial charge in [-0.15, -0.1) is 0 Å². The summed E-state index contributed by atoms with van der Waals surface area (Å²) in [5.41, 5.74) is 0. The predicted molar refractivity (Wildman–Crippen MR) is 81.4 cm³/mol. The molecule has 0 aliphatic carbocycles. The lowest BCUT2D eigenvalue weighted by atomic mass is 10.3. The van der Waals surface area contributed by atoms with Gasteiger partial charge in [-0.05, 0) is 0 Å². The molecular formula is C12H24O14.